The quantitative estimate of drug-likeness (QED) is 0.348. The van der Waals surface area contributed by atoms with Gasteiger partial charge in [-0.05, 0) is 35.9 Å². The van der Waals surface area contributed by atoms with E-state index in [1.807, 2.05) is 24.3 Å². The maximum Gasteiger partial charge on any atom is 0.357 e. The minimum Gasteiger partial charge on any atom is -0.461 e. The van der Waals surface area contributed by atoms with Crippen LogP contribution in [0.5, 0.6) is 0 Å². The minimum atomic E-state index is -0.589. The third-order valence-corrected chi connectivity index (χ3v) is 3.24. The summed E-state index contributed by atoms with van der Waals surface area (Å²) in [5, 5.41) is 2.60. The summed E-state index contributed by atoms with van der Waals surface area (Å²) in [6.45, 7) is 1.95. The highest BCUT2D eigenvalue weighted by Gasteiger charge is 2.15. The van der Waals surface area contributed by atoms with Gasteiger partial charge in [0.2, 0.25) is 0 Å². The van der Waals surface area contributed by atoms with E-state index in [-0.39, 0.29) is 18.0 Å². The predicted octanol–water partition coefficient (Wildman–Crippen LogP) is 2.15. The molecular weight excluding hydrogens is 290 g/mol. The van der Waals surface area contributed by atoms with Crippen molar-refractivity contribution in [3.8, 4) is 0 Å². The van der Waals surface area contributed by atoms with E-state index in [4.69, 9.17) is 27.9 Å². The Morgan fingerprint density at radius 3 is 2.57 bits per heavy atom. The van der Waals surface area contributed by atoms with Gasteiger partial charge >= 0.3 is 5.97 Å². The number of hydrogen-bond acceptors (Lipinski definition) is 5. The molecular formula is C15H16ClN3O2. The molecule has 5 N–H and O–H groups in total. The van der Waals surface area contributed by atoms with Gasteiger partial charge in [0.1, 0.15) is 0 Å². The van der Waals surface area contributed by atoms with Crippen LogP contribution in [0.3, 0.4) is 0 Å². The number of hydrogen-bond donors (Lipinski definition) is 3. The zero-order valence-corrected chi connectivity index (χ0v) is 12.3. The summed E-state index contributed by atoms with van der Waals surface area (Å²) < 4.78 is 4.90. The van der Waals surface area contributed by atoms with Gasteiger partial charge in [0, 0.05) is 10.6 Å². The Morgan fingerprint density at radius 1 is 1.24 bits per heavy atom. The van der Waals surface area contributed by atoms with Gasteiger partial charge in [0.15, 0.2) is 5.70 Å². The summed E-state index contributed by atoms with van der Waals surface area (Å²) in [6, 6.07) is 11.1. The highest BCUT2D eigenvalue weighted by Crippen LogP contribution is 2.23. The summed E-state index contributed by atoms with van der Waals surface area (Å²) >= 11 is 5.95. The fourth-order valence-corrected chi connectivity index (χ4v) is 2.16. The third-order valence-electron chi connectivity index (χ3n) is 3.01. The number of ether oxygens (including phenoxy) is 1. The lowest BCUT2D eigenvalue weighted by atomic mass is 10.0. The van der Waals surface area contributed by atoms with E-state index in [9.17, 15) is 4.79 Å². The highest BCUT2D eigenvalue weighted by molar-refractivity contribution is 6.31. The summed E-state index contributed by atoms with van der Waals surface area (Å²) in [5.74, 6) is 4.78. The molecule has 0 radical (unpaired) electrons. The first-order chi connectivity index (χ1) is 10.1. The monoisotopic (exact) mass is 305 g/mol. The topological polar surface area (TPSA) is 90.4 Å². The normalized spacial score (nSPS) is 12.0. The molecule has 2 aromatic rings. The summed E-state index contributed by atoms with van der Waals surface area (Å²) in [6.07, 6.45) is 0. The molecule has 0 saturated heterocycles. The van der Waals surface area contributed by atoms with Crippen molar-refractivity contribution < 1.29 is 9.53 Å². The SMILES string of the molecule is CCOC(=O)/C(NN)=C(/N)c1ccc2cc(Cl)ccc2c1. The Bertz CT molecular complexity index is 713. The number of nitrogens with two attached hydrogens (primary N) is 2. The van der Waals surface area contributed by atoms with Gasteiger partial charge in [0.25, 0.3) is 0 Å². The third kappa shape index (κ3) is 3.26. The maximum absolute atomic E-state index is 11.8. The van der Waals surface area contributed by atoms with E-state index in [1.165, 1.54) is 0 Å². The van der Waals surface area contributed by atoms with Crippen molar-refractivity contribution in [2.24, 2.45) is 11.6 Å². The Labute approximate surface area is 127 Å². The van der Waals surface area contributed by atoms with E-state index in [1.54, 1.807) is 19.1 Å². The second-order valence-electron chi connectivity index (χ2n) is 4.36. The van der Waals surface area contributed by atoms with Crippen molar-refractivity contribution in [2.45, 2.75) is 6.92 Å². The lowest BCUT2D eigenvalue weighted by Crippen LogP contribution is -2.31. The second kappa shape index (κ2) is 6.47. The van der Waals surface area contributed by atoms with Crippen LogP contribution < -0.4 is 17.0 Å². The molecule has 0 aromatic heterocycles. The van der Waals surface area contributed by atoms with Crippen LogP contribution in [-0.2, 0) is 9.53 Å². The molecule has 2 rings (SSSR count). The van der Waals surface area contributed by atoms with Crippen molar-refractivity contribution in [3.63, 3.8) is 0 Å². The van der Waals surface area contributed by atoms with Crippen molar-refractivity contribution >= 4 is 34.0 Å². The van der Waals surface area contributed by atoms with Crippen LogP contribution in [0.1, 0.15) is 12.5 Å². The first-order valence-electron chi connectivity index (χ1n) is 6.40. The molecule has 0 spiro atoms. The van der Waals surface area contributed by atoms with E-state index in [0.29, 0.717) is 10.6 Å². The van der Waals surface area contributed by atoms with Crippen LogP contribution in [0.2, 0.25) is 5.02 Å². The van der Waals surface area contributed by atoms with E-state index >= 15 is 0 Å². The molecule has 110 valence electrons. The molecule has 2 aromatic carbocycles. The highest BCUT2D eigenvalue weighted by atomic mass is 35.5. The van der Waals surface area contributed by atoms with E-state index < -0.39 is 5.97 Å². The van der Waals surface area contributed by atoms with Crippen molar-refractivity contribution in [1.29, 1.82) is 0 Å². The fourth-order valence-electron chi connectivity index (χ4n) is 1.98. The zero-order chi connectivity index (χ0) is 15.4. The van der Waals surface area contributed by atoms with Crippen molar-refractivity contribution in [2.75, 3.05) is 6.61 Å². The van der Waals surface area contributed by atoms with Gasteiger partial charge in [0.05, 0.1) is 12.3 Å². The van der Waals surface area contributed by atoms with Gasteiger partial charge < -0.3 is 15.9 Å². The lowest BCUT2D eigenvalue weighted by molar-refractivity contribution is -0.138. The van der Waals surface area contributed by atoms with Gasteiger partial charge in [-0.1, -0.05) is 29.8 Å². The standard InChI is InChI=1S/C15H16ClN3O2/c1-2-21-15(20)14(19-18)13(17)11-4-3-10-8-12(16)6-5-9(10)7-11/h3-8,19H,2,17-18H2,1H3/b14-13-. The first kappa shape index (κ1) is 15.2. The molecule has 0 atom stereocenters. The molecule has 0 unspecified atom stereocenters. The smallest absolute Gasteiger partial charge is 0.357 e. The molecule has 0 fully saturated rings. The number of fused-ring (bicyclic) bond motifs is 1. The van der Waals surface area contributed by atoms with E-state index in [0.717, 1.165) is 10.8 Å². The first-order valence-corrected chi connectivity index (χ1v) is 6.77. The zero-order valence-electron chi connectivity index (χ0n) is 11.5. The van der Waals surface area contributed by atoms with Crippen LogP contribution >= 0.6 is 11.6 Å². The molecule has 0 saturated carbocycles. The Kier molecular flexibility index (Phi) is 4.67. The number of rotatable bonds is 4. The Morgan fingerprint density at radius 2 is 1.90 bits per heavy atom. The fraction of sp³-hybridized carbons (Fsp3) is 0.133. The van der Waals surface area contributed by atoms with Crippen LogP contribution in [-0.4, -0.2) is 12.6 Å². The molecule has 0 aliphatic heterocycles. The Hall–Kier alpha value is -2.24. The summed E-state index contributed by atoms with van der Waals surface area (Å²) in [7, 11) is 0. The minimum absolute atomic E-state index is 0.0326. The molecule has 0 amide bonds. The molecule has 6 heteroatoms. The Balaban J connectivity index is 2.48. The summed E-state index contributed by atoms with van der Waals surface area (Å²) in [4.78, 5) is 11.8. The number of carbonyl (C=O) groups excluding carboxylic acids is 1. The molecule has 5 nitrogen and oxygen atoms in total. The van der Waals surface area contributed by atoms with Crippen molar-refractivity contribution in [1.82, 2.24) is 5.43 Å². The summed E-state index contributed by atoms with van der Waals surface area (Å²) in [5.41, 5.74) is 9.25. The number of benzene rings is 2. The van der Waals surface area contributed by atoms with Gasteiger partial charge in [-0.2, -0.15) is 0 Å². The number of hydrazine groups is 1. The predicted molar refractivity (Wildman–Crippen MR) is 84.0 cm³/mol. The van der Waals surface area contributed by atoms with E-state index in [2.05, 4.69) is 5.43 Å². The molecule has 0 heterocycles. The largest absolute Gasteiger partial charge is 0.461 e. The average Bonchev–Trinajstić information content (AvgIpc) is 2.47. The van der Waals surface area contributed by atoms with Crippen LogP contribution in [0, 0.1) is 0 Å². The number of nitrogens with one attached hydrogen (secondary N) is 1. The number of esters is 1. The lowest BCUT2D eigenvalue weighted by Gasteiger charge is -2.11. The second-order valence-corrected chi connectivity index (χ2v) is 4.80. The van der Waals surface area contributed by atoms with Crippen molar-refractivity contribution in [3.05, 3.63) is 52.7 Å². The maximum atomic E-state index is 11.8. The van der Waals surface area contributed by atoms with Gasteiger partial charge in [-0.3, -0.25) is 5.84 Å². The molecule has 0 bridgehead atoms. The van der Waals surface area contributed by atoms with Crippen LogP contribution in [0.25, 0.3) is 16.5 Å². The average molecular weight is 306 g/mol. The molecule has 0 aliphatic rings. The number of carbonyl (C=O) groups is 1. The van der Waals surface area contributed by atoms with Gasteiger partial charge in [-0.15, -0.1) is 0 Å². The van der Waals surface area contributed by atoms with Crippen LogP contribution in [0.15, 0.2) is 42.1 Å². The van der Waals surface area contributed by atoms with Gasteiger partial charge in [-0.25, -0.2) is 4.79 Å². The van der Waals surface area contributed by atoms with Crippen LogP contribution in [0.4, 0.5) is 0 Å². The molecule has 21 heavy (non-hydrogen) atoms. The molecule has 0 aliphatic carbocycles. The number of halogens is 1.